The van der Waals surface area contributed by atoms with E-state index in [9.17, 15) is 0 Å². The average Bonchev–Trinajstić information content (AvgIpc) is 2.50. The molecule has 0 amide bonds. The van der Waals surface area contributed by atoms with Gasteiger partial charge < -0.3 is 10.2 Å². The zero-order valence-corrected chi connectivity index (χ0v) is 11.2. The monoisotopic (exact) mass is 232 g/mol. The van der Waals surface area contributed by atoms with Crippen LogP contribution in [0.1, 0.15) is 36.9 Å². The molecule has 17 heavy (non-hydrogen) atoms. The van der Waals surface area contributed by atoms with Crippen LogP contribution in [0.2, 0.25) is 0 Å². The highest BCUT2D eigenvalue weighted by atomic mass is 15.1. The molecule has 0 aromatic heterocycles. The van der Waals surface area contributed by atoms with Crippen LogP contribution in [0, 0.1) is 0 Å². The van der Waals surface area contributed by atoms with Crippen molar-refractivity contribution < 1.29 is 0 Å². The zero-order valence-electron chi connectivity index (χ0n) is 11.2. The molecular weight excluding hydrogens is 208 g/mol. The second kappa shape index (κ2) is 5.65. The van der Waals surface area contributed by atoms with Gasteiger partial charge in [-0.15, -0.1) is 0 Å². The minimum absolute atomic E-state index is 0.480. The van der Waals surface area contributed by atoms with E-state index in [1.807, 2.05) is 0 Å². The van der Waals surface area contributed by atoms with E-state index < -0.39 is 0 Å². The first-order valence-corrected chi connectivity index (χ1v) is 6.71. The van der Waals surface area contributed by atoms with E-state index in [0.717, 1.165) is 6.54 Å². The highest BCUT2D eigenvalue weighted by Gasteiger charge is 2.28. The van der Waals surface area contributed by atoms with E-state index in [4.69, 9.17) is 0 Å². The van der Waals surface area contributed by atoms with E-state index in [2.05, 4.69) is 55.5 Å². The lowest BCUT2D eigenvalue weighted by molar-refractivity contribution is 0.219. The lowest BCUT2D eigenvalue weighted by Crippen LogP contribution is -2.40. The summed E-state index contributed by atoms with van der Waals surface area (Å²) in [5.74, 6) is 0. The molecule has 1 N–H and O–H groups in total. The Kier molecular flexibility index (Phi) is 4.19. The highest BCUT2D eigenvalue weighted by Crippen LogP contribution is 2.30. The molecule has 0 fully saturated rings. The summed E-state index contributed by atoms with van der Waals surface area (Å²) in [4.78, 5) is 2.37. The predicted octanol–water partition coefficient (Wildman–Crippen LogP) is 2.60. The Morgan fingerprint density at radius 1 is 1.29 bits per heavy atom. The number of fused-ring (bicyclic) bond motifs is 1. The molecule has 0 bridgehead atoms. The fraction of sp³-hybridized carbons (Fsp3) is 0.600. The van der Waals surface area contributed by atoms with Crippen LogP contribution in [-0.4, -0.2) is 31.6 Å². The van der Waals surface area contributed by atoms with Gasteiger partial charge in [0.1, 0.15) is 0 Å². The van der Waals surface area contributed by atoms with Crippen LogP contribution in [-0.2, 0) is 6.42 Å². The summed E-state index contributed by atoms with van der Waals surface area (Å²) in [6.07, 6.45) is 3.80. The standard InChI is InChI=1S/C15H24N2/c1-4-16-15-13-10-6-5-8-12(13)9-7-11-14(15)17(2)3/h5-6,8,10,14-16H,4,7,9,11H2,1-3H3. The number of nitrogens with one attached hydrogen (secondary N) is 1. The molecule has 0 saturated carbocycles. The Morgan fingerprint density at radius 3 is 2.76 bits per heavy atom. The van der Waals surface area contributed by atoms with E-state index in [1.165, 1.54) is 30.4 Å². The van der Waals surface area contributed by atoms with Gasteiger partial charge in [-0.1, -0.05) is 31.2 Å². The van der Waals surface area contributed by atoms with Gasteiger partial charge in [-0.2, -0.15) is 0 Å². The summed E-state index contributed by atoms with van der Waals surface area (Å²) in [6, 6.07) is 10.0. The molecule has 2 atom stereocenters. The minimum Gasteiger partial charge on any atom is -0.309 e. The van der Waals surface area contributed by atoms with Gasteiger partial charge in [0, 0.05) is 12.1 Å². The predicted molar refractivity (Wildman–Crippen MR) is 73.3 cm³/mol. The maximum absolute atomic E-state index is 3.67. The van der Waals surface area contributed by atoms with E-state index in [1.54, 1.807) is 0 Å². The number of aryl methyl sites for hydroxylation is 1. The van der Waals surface area contributed by atoms with Crippen LogP contribution in [0.25, 0.3) is 0 Å². The fourth-order valence-electron chi connectivity index (χ4n) is 2.96. The Balaban J connectivity index is 2.35. The van der Waals surface area contributed by atoms with Crippen LogP contribution in [0.3, 0.4) is 0 Å². The van der Waals surface area contributed by atoms with Crippen LogP contribution in [0.15, 0.2) is 24.3 Å². The Morgan fingerprint density at radius 2 is 2.06 bits per heavy atom. The van der Waals surface area contributed by atoms with Crippen molar-refractivity contribution in [1.82, 2.24) is 10.2 Å². The third kappa shape index (κ3) is 2.70. The molecule has 2 unspecified atom stereocenters. The Hall–Kier alpha value is -0.860. The smallest absolute Gasteiger partial charge is 0.0480 e. The molecule has 94 valence electrons. The van der Waals surface area contributed by atoms with Gasteiger partial charge >= 0.3 is 0 Å². The first-order valence-electron chi connectivity index (χ1n) is 6.71. The Bertz CT molecular complexity index is 360. The minimum atomic E-state index is 0.480. The maximum Gasteiger partial charge on any atom is 0.0480 e. The van der Waals surface area contributed by atoms with E-state index >= 15 is 0 Å². The number of likely N-dealkylation sites (N-methyl/N-ethyl adjacent to an activating group) is 2. The van der Waals surface area contributed by atoms with Crippen molar-refractivity contribution in [3.63, 3.8) is 0 Å². The average molecular weight is 232 g/mol. The molecule has 0 saturated heterocycles. The molecule has 2 rings (SSSR count). The second-order valence-corrected chi connectivity index (χ2v) is 5.16. The highest BCUT2D eigenvalue weighted by molar-refractivity contribution is 5.32. The van der Waals surface area contributed by atoms with Gasteiger partial charge in [-0.25, -0.2) is 0 Å². The van der Waals surface area contributed by atoms with Crippen LogP contribution >= 0.6 is 0 Å². The lowest BCUT2D eigenvalue weighted by atomic mass is 9.95. The molecule has 0 radical (unpaired) electrons. The molecular formula is C15H24N2. The molecule has 0 heterocycles. The topological polar surface area (TPSA) is 15.3 Å². The lowest BCUT2D eigenvalue weighted by Gasteiger charge is -2.32. The number of nitrogens with zero attached hydrogens (tertiary/aromatic N) is 1. The summed E-state index contributed by atoms with van der Waals surface area (Å²) in [5, 5.41) is 3.67. The van der Waals surface area contributed by atoms with Gasteiger partial charge in [-0.3, -0.25) is 0 Å². The fourth-order valence-corrected chi connectivity index (χ4v) is 2.96. The summed E-state index contributed by atoms with van der Waals surface area (Å²) in [6.45, 7) is 3.23. The maximum atomic E-state index is 3.67. The number of benzene rings is 1. The summed E-state index contributed by atoms with van der Waals surface area (Å²) < 4.78 is 0. The number of hydrogen-bond acceptors (Lipinski definition) is 2. The second-order valence-electron chi connectivity index (χ2n) is 5.16. The first kappa shape index (κ1) is 12.6. The van der Waals surface area contributed by atoms with Crippen molar-refractivity contribution in [2.75, 3.05) is 20.6 Å². The van der Waals surface area contributed by atoms with Crippen molar-refractivity contribution in [1.29, 1.82) is 0 Å². The van der Waals surface area contributed by atoms with Crippen LogP contribution in [0.5, 0.6) is 0 Å². The quantitative estimate of drug-likeness (QED) is 0.806. The molecule has 0 spiro atoms. The third-order valence-corrected chi connectivity index (χ3v) is 3.81. The molecule has 1 aromatic carbocycles. The van der Waals surface area contributed by atoms with Crippen molar-refractivity contribution in [2.45, 2.75) is 38.3 Å². The van der Waals surface area contributed by atoms with Crippen molar-refractivity contribution in [3.05, 3.63) is 35.4 Å². The molecule has 2 nitrogen and oxygen atoms in total. The first-order chi connectivity index (χ1) is 8.24. The Labute approximate surface area is 105 Å². The molecule has 2 heteroatoms. The number of hydrogen-bond donors (Lipinski definition) is 1. The largest absolute Gasteiger partial charge is 0.309 e. The molecule has 1 aliphatic rings. The molecule has 1 aliphatic carbocycles. The van der Waals surface area contributed by atoms with Gasteiger partial charge in [0.2, 0.25) is 0 Å². The summed E-state index contributed by atoms with van der Waals surface area (Å²) >= 11 is 0. The van der Waals surface area contributed by atoms with Gasteiger partial charge in [-0.05, 0) is 51.0 Å². The summed E-state index contributed by atoms with van der Waals surface area (Å²) in [7, 11) is 4.39. The molecule has 1 aromatic rings. The van der Waals surface area contributed by atoms with Gasteiger partial charge in [0.25, 0.3) is 0 Å². The SMILES string of the molecule is CCNC1c2ccccc2CCCC1N(C)C. The van der Waals surface area contributed by atoms with Gasteiger partial charge in [0.15, 0.2) is 0 Å². The normalized spacial score (nSPS) is 24.5. The van der Waals surface area contributed by atoms with Crippen LogP contribution < -0.4 is 5.32 Å². The number of rotatable bonds is 3. The van der Waals surface area contributed by atoms with Crippen LogP contribution in [0.4, 0.5) is 0 Å². The summed E-state index contributed by atoms with van der Waals surface area (Å²) in [5.41, 5.74) is 3.04. The van der Waals surface area contributed by atoms with Crippen molar-refractivity contribution in [3.8, 4) is 0 Å². The van der Waals surface area contributed by atoms with Crippen molar-refractivity contribution >= 4 is 0 Å². The zero-order chi connectivity index (χ0) is 12.3. The third-order valence-electron chi connectivity index (χ3n) is 3.81. The van der Waals surface area contributed by atoms with Gasteiger partial charge in [0.05, 0.1) is 0 Å². The van der Waals surface area contributed by atoms with E-state index in [0.29, 0.717) is 12.1 Å². The molecule has 0 aliphatic heterocycles. The van der Waals surface area contributed by atoms with Crippen molar-refractivity contribution in [2.24, 2.45) is 0 Å². The van der Waals surface area contributed by atoms with E-state index in [-0.39, 0.29) is 0 Å².